The highest BCUT2D eigenvalue weighted by Crippen LogP contribution is 2.20. The molecule has 1 unspecified atom stereocenters. The molecule has 0 aliphatic carbocycles. The van der Waals surface area contributed by atoms with Gasteiger partial charge in [0.2, 0.25) is 0 Å². The van der Waals surface area contributed by atoms with E-state index in [4.69, 9.17) is 5.73 Å². The predicted molar refractivity (Wildman–Crippen MR) is 88.9 cm³/mol. The first-order valence-corrected chi connectivity index (χ1v) is 8.00. The van der Waals surface area contributed by atoms with Crippen molar-refractivity contribution in [1.82, 2.24) is 4.90 Å². The smallest absolute Gasteiger partial charge is 0.0133 e. The topological polar surface area (TPSA) is 29.3 Å². The van der Waals surface area contributed by atoms with E-state index in [0.717, 1.165) is 26.1 Å². The largest absolute Gasteiger partial charge is 0.330 e. The fraction of sp³-hybridized carbons (Fsp3) is 0.667. The van der Waals surface area contributed by atoms with Crippen LogP contribution >= 0.6 is 0 Å². The molecule has 0 aliphatic rings. The number of rotatable bonds is 9. The second-order valence-electron chi connectivity index (χ2n) is 6.59. The minimum absolute atomic E-state index is 0.194. The van der Waals surface area contributed by atoms with Crippen LogP contribution in [0.4, 0.5) is 0 Å². The Bertz CT molecular complexity index is 359. The molecule has 2 nitrogen and oxygen atoms in total. The zero-order valence-corrected chi connectivity index (χ0v) is 13.7. The zero-order chi connectivity index (χ0) is 15.0. The molecule has 1 aromatic carbocycles. The summed E-state index contributed by atoms with van der Waals surface area (Å²) in [6.45, 7) is 12.1. The first-order valence-electron chi connectivity index (χ1n) is 8.00. The third-order valence-electron chi connectivity index (χ3n) is 4.00. The van der Waals surface area contributed by atoms with Gasteiger partial charge in [-0.15, -0.1) is 0 Å². The Labute approximate surface area is 125 Å². The van der Waals surface area contributed by atoms with Gasteiger partial charge in [-0.3, -0.25) is 4.90 Å². The van der Waals surface area contributed by atoms with Gasteiger partial charge in [-0.1, -0.05) is 58.0 Å². The normalized spacial score (nSPS) is 13.7. The number of nitrogens with two attached hydrogens (primary N) is 1. The van der Waals surface area contributed by atoms with E-state index in [0.29, 0.717) is 6.04 Å². The summed E-state index contributed by atoms with van der Waals surface area (Å²) in [7, 11) is 0. The standard InChI is InChI=1S/C18H32N2/c1-5-12-20(15-18(3,4)14-19)17(6-2)13-16-10-8-7-9-11-16/h7-11,17H,5-6,12-15,19H2,1-4H3. The molecule has 1 rings (SSSR count). The minimum atomic E-state index is 0.194. The summed E-state index contributed by atoms with van der Waals surface area (Å²) < 4.78 is 0. The molecule has 1 aromatic rings. The monoisotopic (exact) mass is 276 g/mol. The van der Waals surface area contributed by atoms with Gasteiger partial charge in [0.25, 0.3) is 0 Å². The fourth-order valence-corrected chi connectivity index (χ4v) is 2.71. The van der Waals surface area contributed by atoms with Crippen LogP contribution in [0.15, 0.2) is 30.3 Å². The lowest BCUT2D eigenvalue weighted by Gasteiger charge is -2.37. The highest BCUT2D eigenvalue weighted by molar-refractivity contribution is 5.16. The van der Waals surface area contributed by atoms with Crippen molar-refractivity contribution in [3.63, 3.8) is 0 Å². The van der Waals surface area contributed by atoms with Crippen LogP contribution in [-0.2, 0) is 6.42 Å². The van der Waals surface area contributed by atoms with E-state index in [1.54, 1.807) is 0 Å². The molecule has 114 valence electrons. The molecular formula is C18H32N2. The van der Waals surface area contributed by atoms with E-state index < -0.39 is 0 Å². The van der Waals surface area contributed by atoms with Gasteiger partial charge in [-0.25, -0.2) is 0 Å². The maximum absolute atomic E-state index is 5.92. The van der Waals surface area contributed by atoms with Gasteiger partial charge in [0.1, 0.15) is 0 Å². The molecule has 2 heteroatoms. The van der Waals surface area contributed by atoms with Gasteiger partial charge in [-0.05, 0) is 43.3 Å². The van der Waals surface area contributed by atoms with E-state index >= 15 is 0 Å². The summed E-state index contributed by atoms with van der Waals surface area (Å²) in [4.78, 5) is 2.64. The maximum Gasteiger partial charge on any atom is 0.0133 e. The van der Waals surface area contributed by atoms with E-state index in [9.17, 15) is 0 Å². The summed E-state index contributed by atoms with van der Waals surface area (Å²) in [5.41, 5.74) is 7.55. The Morgan fingerprint density at radius 3 is 2.30 bits per heavy atom. The van der Waals surface area contributed by atoms with Gasteiger partial charge in [-0.2, -0.15) is 0 Å². The summed E-state index contributed by atoms with van der Waals surface area (Å²) in [5.74, 6) is 0. The van der Waals surface area contributed by atoms with Crippen molar-refractivity contribution in [3.05, 3.63) is 35.9 Å². The van der Waals surface area contributed by atoms with Crippen LogP contribution in [0.25, 0.3) is 0 Å². The van der Waals surface area contributed by atoms with Crippen molar-refractivity contribution >= 4 is 0 Å². The molecule has 0 aliphatic heterocycles. The second-order valence-corrected chi connectivity index (χ2v) is 6.59. The van der Waals surface area contributed by atoms with Gasteiger partial charge in [0.15, 0.2) is 0 Å². The molecule has 2 N–H and O–H groups in total. The Morgan fingerprint density at radius 2 is 1.80 bits per heavy atom. The van der Waals surface area contributed by atoms with Crippen LogP contribution in [0.5, 0.6) is 0 Å². The molecule has 0 heterocycles. The molecular weight excluding hydrogens is 244 g/mol. The first-order chi connectivity index (χ1) is 9.52. The summed E-state index contributed by atoms with van der Waals surface area (Å²) in [5, 5.41) is 0. The van der Waals surface area contributed by atoms with Gasteiger partial charge in [0, 0.05) is 12.6 Å². The van der Waals surface area contributed by atoms with Gasteiger partial charge < -0.3 is 5.73 Å². The lowest BCUT2D eigenvalue weighted by atomic mass is 9.91. The summed E-state index contributed by atoms with van der Waals surface area (Å²) in [6.07, 6.45) is 3.53. The average Bonchev–Trinajstić information content (AvgIpc) is 2.45. The second kappa shape index (κ2) is 8.43. The zero-order valence-electron chi connectivity index (χ0n) is 13.7. The Morgan fingerprint density at radius 1 is 1.15 bits per heavy atom. The summed E-state index contributed by atoms with van der Waals surface area (Å²) in [6, 6.07) is 11.4. The highest BCUT2D eigenvalue weighted by Gasteiger charge is 2.24. The first kappa shape index (κ1) is 17.2. The van der Waals surface area contributed by atoms with Crippen LogP contribution in [0.1, 0.15) is 46.1 Å². The molecule has 0 radical (unpaired) electrons. The molecule has 0 saturated carbocycles. The van der Waals surface area contributed by atoms with Crippen molar-refractivity contribution in [1.29, 1.82) is 0 Å². The van der Waals surface area contributed by atoms with E-state index in [-0.39, 0.29) is 5.41 Å². The Kier molecular flexibility index (Phi) is 7.25. The van der Waals surface area contributed by atoms with Crippen molar-refractivity contribution in [2.24, 2.45) is 11.1 Å². The van der Waals surface area contributed by atoms with Crippen LogP contribution in [0.2, 0.25) is 0 Å². The van der Waals surface area contributed by atoms with E-state index in [1.807, 2.05) is 0 Å². The van der Waals surface area contributed by atoms with Crippen LogP contribution in [0.3, 0.4) is 0 Å². The van der Waals surface area contributed by atoms with E-state index in [2.05, 4.69) is 62.9 Å². The highest BCUT2D eigenvalue weighted by atomic mass is 15.2. The minimum Gasteiger partial charge on any atom is -0.330 e. The van der Waals surface area contributed by atoms with Crippen molar-refractivity contribution < 1.29 is 0 Å². The predicted octanol–water partition coefficient (Wildman–Crippen LogP) is 3.70. The third kappa shape index (κ3) is 5.64. The SMILES string of the molecule is CCCN(CC(C)(C)CN)C(CC)Cc1ccccc1. The third-order valence-corrected chi connectivity index (χ3v) is 4.00. The average molecular weight is 276 g/mol. The molecule has 0 aromatic heterocycles. The Hall–Kier alpha value is -0.860. The lowest BCUT2D eigenvalue weighted by molar-refractivity contribution is 0.128. The number of hydrogen-bond acceptors (Lipinski definition) is 2. The van der Waals surface area contributed by atoms with Gasteiger partial charge >= 0.3 is 0 Å². The summed E-state index contributed by atoms with van der Waals surface area (Å²) >= 11 is 0. The number of benzene rings is 1. The quantitative estimate of drug-likeness (QED) is 0.745. The molecule has 0 spiro atoms. The Balaban J connectivity index is 2.75. The number of hydrogen-bond donors (Lipinski definition) is 1. The van der Waals surface area contributed by atoms with Crippen molar-refractivity contribution in [2.75, 3.05) is 19.6 Å². The molecule has 0 saturated heterocycles. The van der Waals surface area contributed by atoms with Crippen molar-refractivity contribution in [2.45, 2.75) is 53.0 Å². The fourth-order valence-electron chi connectivity index (χ4n) is 2.71. The van der Waals surface area contributed by atoms with Crippen molar-refractivity contribution in [3.8, 4) is 0 Å². The maximum atomic E-state index is 5.92. The molecule has 1 atom stereocenters. The molecule has 0 fully saturated rings. The molecule has 20 heavy (non-hydrogen) atoms. The number of nitrogens with zero attached hydrogens (tertiary/aromatic N) is 1. The van der Waals surface area contributed by atoms with Crippen LogP contribution in [0, 0.1) is 5.41 Å². The van der Waals surface area contributed by atoms with Crippen LogP contribution in [-0.4, -0.2) is 30.6 Å². The van der Waals surface area contributed by atoms with Gasteiger partial charge in [0.05, 0.1) is 0 Å². The molecule has 0 bridgehead atoms. The van der Waals surface area contributed by atoms with Crippen LogP contribution < -0.4 is 5.73 Å². The molecule has 0 amide bonds. The van der Waals surface area contributed by atoms with E-state index in [1.165, 1.54) is 18.4 Å². The lowest BCUT2D eigenvalue weighted by Crippen LogP contribution is -2.45.